The van der Waals surface area contributed by atoms with E-state index in [1.807, 2.05) is 6.07 Å². The van der Waals surface area contributed by atoms with Crippen LogP contribution in [-0.2, 0) is 14.3 Å². The number of aromatic nitrogens is 1. The lowest BCUT2D eigenvalue weighted by molar-refractivity contribution is -0.156. The highest BCUT2D eigenvalue weighted by Gasteiger charge is 2.31. The van der Waals surface area contributed by atoms with Gasteiger partial charge in [0.05, 0.1) is 13.2 Å². The number of carbonyl (C=O) groups excluding carboxylic acids is 1. The molecule has 1 fully saturated rings. The first kappa shape index (κ1) is 13.2. The average molecular weight is 262 g/mol. The molecule has 1 aromatic heterocycles. The molecule has 1 N–H and O–H groups in total. The summed E-state index contributed by atoms with van der Waals surface area (Å²) in [7, 11) is 0. The highest BCUT2D eigenvalue weighted by molar-refractivity contribution is 5.94. The number of morpholine rings is 1. The molecule has 0 saturated carbocycles. The molecule has 0 spiro atoms. The fraction of sp³-hybridized carbons (Fsp3) is 0.308. The van der Waals surface area contributed by atoms with Crippen LogP contribution in [0, 0.1) is 0 Å². The standard InChI is InChI=1S/C13H14N2O4/c16-12(4-3-10-2-1-5-14-8-10)15-6-7-19-9-11(15)13(17)18/h1-5,8,11H,6-7,9H2,(H,17,18)/b4-3+/t11-/m1/s1. The van der Waals surface area contributed by atoms with E-state index in [2.05, 4.69) is 4.98 Å². The number of nitrogens with zero attached hydrogens (tertiary/aromatic N) is 2. The first-order chi connectivity index (χ1) is 9.18. The zero-order valence-electron chi connectivity index (χ0n) is 10.2. The van der Waals surface area contributed by atoms with Crippen LogP contribution < -0.4 is 0 Å². The molecule has 1 saturated heterocycles. The number of pyridine rings is 1. The molecule has 0 aliphatic carbocycles. The van der Waals surface area contributed by atoms with Gasteiger partial charge in [0.15, 0.2) is 6.04 Å². The molecule has 1 aromatic rings. The van der Waals surface area contributed by atoms with Crippen LogP contribution in [0.15, 0.2) is 30.6 Å². The molecule has 6 heteroatoms. The van der Waals surface area contributed by atoms with E-state index in [1.165, 1.54) is 11.0 Å². The summed E-state index contributed by atoms with van der Waals surface area (Å²) in [6.45, 7) is 0.672. The van der Waals surface area contributed by atoms with Crippen molar-refractivity contribution in [3.63, 3.8) is 0 Å². The van der Waals surface area contributed by atoms with Gasteiger partial charge < -0.3 is 14.7 Å². The molecule has 19 heavy (non-hydrogen) atoms. The lowest BCUT2D eigenvalue weighted by Crippen LogP contribution is -2.52. The molecule has 2 heterocycles. The highest BCUT2D eigenvalue weighted by atomic mass is 16.5. The maximum absolute atomic E-state index is 12.0. The Morgan fingerprint density at radius 2 is 2.37 bits per heavy atom. The van der Waals surface area contributed by atoms with Crippen molar-refractivity contribution >= 4 is 18.0 Å². The Bertz CT molecular complexity index is 487. The molecule has 0 radical (unpaired) electrons. The molecular weight excluding hydrogens is 248 g/mol. The molecule has 1 atom stereocenters. The monoisotopic (exact) mass is 262 g/mol. The van der Waals surface area contributed by atoms with Crippen molar-refractivity contribution in [2.45, 2.75) is 6.04 Å². The van der Waals surface area contributed by atoms with Crippen LogP contribution in [0.1, 0.15) is 5.56 Å². The number of hydrogen-bond donors (Lipinski definition) is 1. The fourth-order valence-corrected chi connectivity index (χ4v) is 1.81. The number of carboxylic acids is 1. The largest absolute Gasteiger partial charge is 0.480 e. The van der Waals surface area contributed by atoms with Gasteiger partial charge in [0, 0.05) is 25.0 Å². The van der Waals surface area contributed by atoms with Crippen LogP contribution in [0.2, 0.25) is 0 Å². The molecule has 100 valence electrons. The van der Waals surface area contributed by atoms with Crippen molar-refractivity contribution in [1.82, 2.24) is 9.88 Å². The van der Waals surface area contributed by atoms with E-state index in [1.54, 1.807) is 24.5 Å². The maximum atomic E-state index is 12.0. The Hall–Kier alpha value is -2.21. The topological polar surface area (TPSA) is 79.7 Å². The molecule has 0 aromatic carbocycles. The van der Waals surface area contributed by atoms with Crippen molar-refractivity contribution < 1.29 is 19.4 Å². The van der Waals surface area contributed by atoms with Crippen LogP contribution in [0.3, 0.4) is 0 Å². The second kappa shape index (κ2) is 6.10. The van der Waals surface area contributed by atoms with Gasteiger partial charge in [-0.2, -0.15) is 0 Å². The minimum atomic E-state index is -1.05. The lowest BCUT2D eigenvalue weighted by atomic mass is 10.2. The van der Waals surface area contributed by atoms with Gasteiger partial charge in [0.2, 0.25) is 5.91 Å². The van der Waals surface area contributed by atoms with Crippen LogP contribution in [-0.4, -0.2) is 52.7 Å². The minimum Gasteiger partial charge on any atom is -0.480 e. The van der Waals surface area contributed by atoms with E-state index < -0.39 is 12.0 Å². The number of ether oxygens (including phenoxy) is 1. The summed E-state index contributed by atoms with van der Waals surface area (Å²) in [6, 6.07) is 2.66. The Balaban J connectivity index is 2.06. The Morgan fingerprint density at radius 1 is 1.53 bits per heavy atom. The van der Waals surface area contributed by atoms with E-state index in [9.17, 15) is 9.59 Å². The number of hydrogen-bond acceptors (Lipinski definition) is 4. The maximum Gasteiger partial charge on any atom is 0.328 e. The quantitative estimate of drug-likeness (QED) is 0.798. The van der Waals surface area contributed by atoms with Gasteiger partial charge in [-0.1, -0.05) is 6.07 Å². The number of carboxylic acid groups (broad SMARTS) is 1. The van der Waals surface area contributed by atoms with Crippen molar-refractivity contribution in [1.29, 1.82) is 0 Å². The lowest BCUT2D eigenvalue weighted by Gasteiger charge is -2.31. The summed E-state index contributed by atoms with van der Waals surface area (Å²) in [5.41, 5.74) is 0.788. The zero-order valence-corrected chi connectivity index (χ0v) is 10.2. The van der Waals surface area contributed by atoms with Gasteiger partial charge in [0.25, 0.3) is 0 Å². The average Bonchev–Trinajstić information content (AvgIpc) is 2.46. The first-order valence-corrected chi connectivity index (χ1v) is 5.88. The Kier molecular flexibility index (Phi) is 4.25. The molecule has 1 aliphatic heterocycles. The Labute approximate surface area is 110 Å². The van der Waals surface area contributed by atoms with E-state index in [4.69, 9.17) is 9.84 Å². The van der Waals surface area contributed by atoms with E-state index >= 15 is 0 Å². The van der Waals surface area contributed by atoms with Gasteiger partial charge >= 0.3 is 5.97 Å². The molecular formula is C13H14N2O4. The van der Waals surface area contributed by atoms with Crippen LogP contribution in [0.25, 0.3) is 6.08 Å². The first-order valence-electron chi connectivity index (χ1n) is 5.88. The summed E-state index contributed by atoms with van der Waals surface area (Å²) in [5.74, 6) is -1.39. The third kappa shape index (κ3) is 3.38. The fourth-order valence-electron chi connectivity index (χ4n) is 1.81. The van der Waals surface area contributed by atoms with Gasteiger partial charge in [-0.15, -0.1) is 0 Å². The zero-order chi connectivity index (χ0) is 13.7. The molecule has 0 bridgehead atoms. The third-order valence-corrected chi connectivity index (χ3v) is 2.80. The molecule has 0 unspecified atom stereocenters. The predicted molar refractivity (Wildman–Crippen MR) is 67.2 cm³/mol. The second-order valence-electron chi connectivity index (χ2n) is 4.08. The minimum absolute atomic E-state index is 0.0296. The van der Waals surface area contributed by atoms with Crippen molar-refractivity contribution in [2.24, 2.45) is 0 Å². The third-order valence-electron chi connectivity index (χ3n) is 2.80. The molecule has 1 amide bonds. The molecule has 2 rings (SSSR count). The summed E-state index contributed by atoms with van der Waals surface area (Å²) >= 11 is 0. The normalized spacial score (nSPS) is 19.6. The smallest absolute Gasteiger partial charge is 0.328 e. The highest BCUT2D eigenvalue weighted by Crippen LogP contribution is 2.09. The molecule has 6 nitrogen and oxygen atoms in total. The number of amides is 1. The van der Waals surface area contributed by atoms with Crippen LogP contribution in [0.5, 0.6) is 0 Å². The van der Waals surface area contributed by atoms with Gasteiger partial charge in [-0.05, 0) is 17.7 Å². The van der Waals surface area contributed by atoms with E-state index in [0.29, 0.717) is 6.61 Å². The van der Waals surface area contributed by atoms with Gasteiger partial charge in [0.1, 0.15) is 0 Å². The van der Waals surface area contributed by atoms with Crippen molar-refractivity contribution in [3.8, 4) is 0 Å². The van der Waals surface area contributed by atoms with Gasteiger partial charge in [-0.25, -0.2) is 4.79 Å². The summed E-state index contributed by atoms with van der Waals surface area (Å²) in [5, 5.41) is 9.03. The number of rotatable bonds is 3. The van der Waals surface area contributed by atoms with E-state index in [-0.39, 0.29) is 19.1 Å². The molecule has 1 aliphatic rings. The van der Waals surface area contributed by atoms with Crippen LogP contribution >= 0.6 is 0 Å². The number of carbonyl (C=O) groups is 2. The van der Waals surface area contributed by atoms with Crippen molar-refractivity contribution in [2.75, 3.05) is 19.8 Å². The summed E-state index contributed by atoms with van der Waals surface area (Å²) < 4.78 is 5.08. The van der Waals surface area contributed by atoms with Crippen LogP contribution in [0.4, 0.5) is 0 Å². The SMILES string of the molecule is O=C(O)[C@H]1COCCN1C(=O)/C=C/c1cccnc1. The predicted octanol–water partition coefficient (Wildman–Crippen LogP) is 0.407. The second-order valence-corrected chi connectivity index (χ2v) is 4.08. The summed E-state index contributed by atoms with van der Waals surface area (Å²) in [6.07, 6.45) is 6.24. The summed E-state index contributed by atoms with van der Waals surface area (Å²) in [4.78, 5) is 28.3. The van der Waals surface area contributed by atoms with Gasteiger partial charge in [-0.3, -0.25) is 9.78 Å². The van der Waals surface area contributed by atoms with E-state index in [0.717, 1.165) is 5.56 Å². The Morgan fingerprint density at radius 3 is 3.05 bits per heavy atom. The number of aliphatic carboxylic acids is 1. The van der Waals surface area contributed by atoms with Crippen molar-refractivity contribution in [3.05, 3.63) is 36.2 Å².